The molecule has 2 amide bonds. The third-order valence-electron chi connectivity index (χ3n) is 5.03. The van der Waals surface area contributed by atoms with Crippen LogP contribution in [0.25, 0.3) is 10.2 Å². The predicted octanol–water partition coefficient (Wildman–Crippen LogP) is 4.67. The van der Waals surface area contributed by atoms with Crippen molar-refractivity contribution in [2.45, 2.75) is 46.1 Å². The normalized spacial score (nSPS) is 13.6. The van der Waals surface area contributed by atoms with Gasteiger partial charge in [-0.3, -0.25) is 9.59 Å². The smallest absolute Gasteiger partial charge is 0.272 e. The lowest BCUT2D eigenvalue weighted by Gasteiger charge is -2.13. The van der Waals surface area contributed by atoms with Gasteiger partial charge in [0.2, 0.25) is 0 Å². The quantitative estimate of drug-likeness (QED) is 0.653. The van der Waals surface area contributed by atoms with E-state index >= 15 is 0 Å². The SMILES string of the molecule is CCNC(=O)c1c(NC(=O)c2cc3sccc3n2CC)sc2c1CCCC2. The number of aromatic nitrogens is 1. The number of thiophene rings is 2. The second-order valence-electron chi connectivity index (χ2n) is 6.67. The Bertz CT molecular complexity index is 1010. The summed E-state index contributed by atoms with van der Waals surface area (Å²) in [6, 6.07) is 3.99. The minimum absolute atomic E-state index is 0.0842. The lowest BCUT2D eigenvalue weighted by molar-refractivity contribution is 0.0956. The Morgan fingerprint density at radius 1 is 1.19 bits per heavy atom. The molecule has 0 saturated carbocycles. The molecule has 142 valence electrons. The van der Waals surface area contributed by atoms with Crippen LogP contribution in [0, 0.1) is 0 Å². The number of aryl methyl sites for hydroxylation is 2. The number of rotatable bonds is 5. The fraction of sp³-hybridized carbons (Fsp3) is 0.400. The Morgan fingerprint density at radius 3 is 2.78 bits per heavy atom. The van der Waals surface area contributed by atoms with Gasteiger partial charge >= 0.3 is 0 Å². The largest absolute Gasteiger partial charge is 0.352 e. The molecule has 3 aromatic heterocycles. The first-order valence-corrected chi connectivity index (χ1v) is 11.1. The highest BCUT2D eigenvalue weighted by molar-refractivity contribution is 7.17. The van der Waals surface area contributed by atoms with Gasteiger partial charge in [-0.15, -0.1) is 22.7 Å². The fourth-order valence-corrected chi connectivity index (χ4v) is 5.92. The Balaban J connectivity index is 1.71. The number of anilines is 1. The van der Waals surface area contributed by atoms with Crippen molar-refractivity contribution < 1.29 is 9.59 Å². The van der Waals surface area contributed by atoms with Gasteiger partial charge in [0.1, 0.15) is 10.7 Å². The summed E-state index contributed by atoms with van der Waals surface area (Å²) in [6.07, 6.45) is 4.14. The average Bonchev–Trinajstić information content (AvgIpc) is 3.33. The molecular weight excluding hydrogens is 378 g/mol. The van der Waals surface area contributed by atoms with Crippen molar-refractivity contribution >= 4 is 49.7 Å². The van der Waals surface area contributed by atoms with Gasteiger partial charge in [0.15, 0.2) is 0 Å². The van der Waals surface area contributed by atoms with E-state index in [2.05, 4.69) is 10.6 Å². The van der Waals surface area contributed by atoms with Crippen LogP contribution in [0.2, 0.25) is 0 Å². The van der Waals surface area contributed by atoms with E-state index in [9.17, 15) is 9.59 Å². The topological polar surface area (TPSA) is 63.1 Å². The maximum Gasteiger partial charge on any atom is 0.272 e. The van der Waals surface area contributed by atoms with Gasteiger partial charge < -0.3 is 15.2 Å². The zero-order valence-corrected chi connectivity index (χ0v) is 17.2. The van der Waals surface area contributed by atoms with E-state index < -0.39 is 0 Å². The van der Waals surface area contributed by atoms with Crippen LogP contribution >= 0.6 is 22.7 Å². The molecule has 4 rings (SSSR count). The molecule has 7 heteroatoms. The number of nitrogens with zero attached hydrogens (tertiary/aromatic N) is 1. The Labute approximate surface area is 166 Å². The summed E-state index contributed by atoms with van der Waals surface area (Å²) in [5, 5.41) is 8.68. The summed E-state index contributed by atoms with van der Waals surface area (Å²) in [7, 11) is 0. The molecule has 2 N–H and O–H groups in total. The van der Waals surface area contributed by atoms with Crippen molar-refractivity contribution in [1.29, 1.82) is 0 Å². The standard InChI is InChI=1S/C20H23N3O2S2/c1-3-21-19(25)17-12-7-5-6-8-15(12)27-20(17)22-18(24)14-11-16-13(9-10-26-16)23(14)4-2/h9-11H,3-8H2,1-2H3,(H,21,25)(H,22,24). The monoisotopic (exact) mass is 401 g/mol. The second kappa shape index (κ2) is 7.48. The van der Waals surface area contributed by atoms with Crippen LogP contribution in [0.5, 0.6) is 0 Å². The van der Waals surface area contributed by atoms with E-state index in [4.69, 9.17) is 0 Å². The van der Waals surface area contributed by atoms with Crippen LogP contribution in [-0.4, -0.2) is 22.9 Å². The highest BCUT2D eigenvalue weighted by Gasteiger charge is 2.27. The lowest BCUT2D eigenvalue weighted by Crippen LogP contribution is -2.25. The third kappa shape index (κ3) is 3.19. The number of carbonyl (C=O) groups excluding carboxylic acids is 2. The molecule has 5 nitrogen and oxygen atoms in total. The maximum absolute atomic E-state index is 13.1. The van der Waals surface area contributed by atoms with Crippen LogP contribution in [0.1, 0.15) is 58.0 Å². The van der Waals surface area contributed by atoms with Crippen molar-refractivity contribution in [2.75, 3.05) is 11.9 Å². The summed E-state index contributed by atoms with van der Waals surface area (Å²) < 4.78 is 3.14. The van der Waals surface area contributed by atoms with Crippen LogP contribution in [0.4, 0.5) is 5.00 Å². The molecule has 0 saturated heterocycles. The first-order chi connectivity index (χ1) is 13.1. The zero-order chi connectivity index (χ0) is 19.0. The Hall–Kier alpha value is -2.12. The number of amides is 2. The van der Waals surface area contributed by atoms with E-state index in [1.807, 2.05) is 35.9 Å². The van der Waals surface area contributed by atoms with Crippen molar-refractivity contribution in [3.8, 4) is 0 Å². The van der Waals surface area contributed by atoms with Gasteiger partial charge in [-0.25, -0.2) is 0 Å². The minimum Gasteiger partial charge on any atom is -0.352 e. The van der Waals surface area contributed by atoms with Crippen molar-refractivity contribution in [2.24, 2.45) is 0 Å². The van der Waals surface area contributed by atoms with E-state index in [-0.39, 0.29) is 11.8 Å². The molecule has 27 heavy (non-hydrogen) atoms. The molecular formula is C20H23N3O2S2. The summed E-state index contributed by atoms with van der Waals surface area (Å²) in [5.74, 6) is -0.233. The predicted molar refractivity (Wildman–Crippen MR) is 112 cm³/mol. The van der Waals surface area contributed by atoms with Crippen LogP contribution < -0.4 is 10.6 Å². The molecule has 1 aliphatic rings. The maximum atomic E-state index is 13.1. The first-order valence-electron chi connectivity index (χ1n) is 9.44. The molecule has 0 fully saturated rings. The molecule has 0 unspecified atom stereocenters. The van der Waals surface area contributed by atoms with Crippen LogP contribution in [0.3, 0.4) is 0 Å². The summed E-state index contributed by atoms with van der Waals surface area (Å²) in [4.78, 5) is 27.0. The lowest BCUT2D eigenvalue weighted by atomic mass is 9.95. The Morgan fingerprint density at radius 2 is 2.00 bits per heavy atom. The molecule has 0 radical (unpaired) electrons. The number of hydrogen-bond donors (Lipinski definition) is 2. The van der Waals surface area contributed by atoms with Gasteiger partial charge in [-0.2, -0.15) is 0 Å². The minimum atomic E-state index is -0.149. The molecule has 3 aromatic rings. The van der Waals surface area contributed by atoms with Gasteiger partial charge in [-0.1, -0.05) is 0 Å². The molecule has 0 atom stereocenters. The van der Waals surface area contributed by atoms with Crippen LogP contribution in [-0.2, 0) is 19.4 Å². The molecule has 0 aliphatic heterocycles. The Kier molecular flexibility index (Phi) is 5.06. The number of hydrogen-bond acceptors (Lipinski definition) is 4. The van der Waals surface area contributed by atoms with Crippen LogP contribution in [0.15, 0.2) is 17.5 Å². The number of fused-ring (bicyclic) bond motifs is 2. The molecule has 1 aliphatic carbocycles. The van der Waals surface area contributed by atoms with Gasteiger partial charge in [0.05, 0.1) is 15.8 Å². The fourth-order valence-electron chi connectivity index (χ4n) is 3.82. The van der Waals surface area contributed by atoms with Gasteiger partial charge in [-0.05, 0) is 62.6 Å². The van der Waals surface area contributed by atoms with Crippen molar-refractivity contribution in [1.82, 2.24) is 9.88 Å². The third-order valence-corrected chi connectivity index (χ3v) is 7.09. The van der Waals surface area contributed by atoms with Gasteiger partial charge in [0, 0.05) is 18.0 Å². The highest BCUT2D eigenvalue weighted by atomic mass is 32.1. The van der Waals surface area contributed by atoms with E-state index in [0.717, 1.165) is 48.0 Å². The van der Waals surface area contributed by atoms with E-state index in [1.54, 1.807) is 22.7 Å². The molecule has 0 bridgehead atoms. The average molecular weight is 402 g/mol. The first kappa shape index (κ1) is 18.3. The zero-order valence-electron chi connectivity index (χ0n) is 15.6. The molecule has 0 spiro atoms. The molecule has 3 heterocycles. The summed E-state index contributed by atoms with van der Waals surface area (Å²) in [5.41, 5.74) is 3.52. The summed E-state index contributed by atoms with van der Waals surface area (Å²) >= 11 is 3.20. The highest BCUT2D eigenvalue weighted by Crippen LogP contribution is 2.38. The molecule has 0 aromatic carbocycles. The van der Waals surface area contributed by atoms with Crippen molar-refractivity contribution in [3.63, 3.8) is 0 Å². The van der Waals surface area contributed by atoms with E-state index in [1.165, 1.54) is 4.88 Å². The number of carbonyl (C=O) groups is 2. The van der Waals surface area contributed by atoms with E-state index in [0.29, 0.717) is 22.8 Å². The second-order valence-corrected chi connectivity index (χ2v) is 8.73. The summed E-state index contributed by atoms with van der Waals surface area (Å²) in [6.45, 7) is 5.26. The van der Waals surface area contributed by atoms with Gasteiger partial charge in [0.25, 0.3) is 11.8 Å². The number of nitrogens with one attached hydrogen (secondary N) is 2. The van der Waals surface area contributed by atoms with Crippen molar-refractivity contribution in [3.05, 3.63) is 39.2 Å².